The summed E-state index contributed by atoms with van der Waals surface area (Å²) in [5.74, 6) is 1.69. The zero-order valence-electron chi connectivity index (χ0n) is 13.3. The van der Waals surface area contributed by atoms with Gasteiger partial charge in [0.15, 0.2) is 0 Å². The standard InChI is InChI=1S/C17H24N2O3S/c20-23(21,16-3-4-17-14(11-16)7-10-22-17)19-8-5-15(6-9-19)18-12-13-1-2-13/h3-4,11,13,15,18H,1-2,5-10,12H2. The lowest BCUT2D eigenvalue weighted by atomic mass is 10.1. The molecule has 1 aliphatic carbocycles. The van der Waals surface area contributed by atoms with E-state index >= 15 is 0 Å². The molecular weight excluding hydrogens is 312 g/mol. The van der Waals surface area contributed by atoms with Crippen molar-refractivity contribution in [2.75, 3.05) is 26.2 Å². The highest BCUT2D eigenvalue weighted by Crippen LogP contribution is 2.30. The molecule has 1 saturated carbocycles. The zero-order valence-corrected chi connectivity index (χ0v) is 14.1. The number of hydrogen-bond donors (Lipinski definition) is 1. The first-order valence-electron chi connectivity index (χ1n) is 8.62. The number of rotatable bonds is 5. The summed E-state index contributed by atoms with van der Waals surface area (Å²) in [6, 6.07) is 5.72. The Morgan fingerprint density at radius 1 is 1.17 bits per heavy atom. The number of fused-ring (bicyclic) bond motifs is 1. The first-order chi connectivity index (χ1) is 11.1. The first-order valence-corrected chi connectivity index (χ1v) is 10.1. The highest BCUT2D eigenvalue weighted by Gasteiger charge is 2.31. The molecule has 1 saturated heterocycles. The maximum Gasteiger partial charge on any atom is 0.243 e. The molecule has 0 spiro atoms. The molecule has 126 valence electrons. The van der Waals surface area contributed by atoms with Gasteiger partial charge in [0.25, 0.3) is 0 Å². The minimum absolute atomic E-state index is 0.408. The van der Waals surface area contributed by atoms with E-state index in [0.29, 0.717) is 30.6 Å². The van der Waals surface area contributed by atoms with Crippen molar-refractivity contribution in [3.05, 3.63) is 23.8 Å². The molecule has 2 fully saturated rings. The molecule has 6 heteroatoms. The van der Waals surface area contributed by atoms with Crippen LogP contribution in [0.4, 0.5) is 0 Å². The van der Waals surface area contributed by atoms with Crippen LogP contribution in [-0.2, 0) is 16.4 Å². The van der Waals surface area contributed by atoms with Crippen LogP contribution >= 0.6 is 0 Å². The first kappa shape index (κ1) is 15.4. The topological polar surface area (TPSA) is 58.6 Å². The van der Waals surface area contributed by atoms with Gasteiger partial charge < -0.3 is 10.1 Å². The van der Waals surface area contributed by atoms with Gasteiger partial charge in [-0.25, -0.2) is 8.42 Å². The van der Waals surface area contributed by atoms with Gasteiger partial charge in [0.05, 0.1) is 11.5 Å². The molecule has 0 bridgehead atoms. The third-order valence-electron chi connectivity index (χ3n) is 5.14. The predicted molar refractivity (Wildman–Crippen MR) is 88.1 cm³/mol. The van der Waals surface area contributed by atoms with Crippen LogP contribution in [0, 0.1) is 5.92 Å². The van der Waals surface area contributed by atoms with Crippen molar-refractivity contribution in [2.24, 2.45) is 5.92 Å². The van der Waals surface area contributed by atoms with Gasteiger partial charge in [0.2, 0.25) is 10.0 Å². The van der Waals surface area contributed by atoms with E-state index in [2.05, 4.69) is 5.32 Å². The number of sulfonamides is 1. The van der Waals surface area contributed by atoms with Gasteiger partial charge in [-0.3, -0.25) is 0 Å². The summed E-state index contributed by atoms with van der Waals surface area (Å²) in [4.78, 5) is 0.408. The molecular formula is C17H24N2O3S. The molecule has 1 aromatic rings. The molecule has 0 atom stereocenters. The fourth-order valence-corrected chi connectivity index (χ4v) is 4.95. The Morgan fingerprint density at radius 3 is 2.70 bits per heavy atom. The number of piperidine rings is 1. The van der Waals surface area contributed by atoms with Crippen LogP contribution in [0.2, 0.25) is 0 Å². The average molecular weight is 336 g/mol. The molecule has 3 aliphatic rings. The van der Waals surface area contributed by atoms with Crippen molar-refractivity contribution >= 4 is 10.0 Å². The Morgan fingerprint density at radius 2 is 1.96 bits per heavy atom. The lowest BCUT2D eigenvalue weighted by Gasteiger charge is -2.31. The third-order valence-corrected chi connectivity index (χ3v) is 7.04. The summed E-state index contributed by atoms with van der Waals surface area (Å²) < 4.78 is 32.8. The lowest BCUT2D eigenvalue weighted by Crippen LogP contribution is -2.45. The van der Waals surface area contributed by atoms with E-state index in [-0.39, 0.29) is 0 Å². The van der Waals surface area contributed by atoms with Crippen molar-refractivity contribution in [2.45, 2.75) is 43.0 Å². The summed E-state index contributed by atoms with van der Waals surface area (Å²) in [5, 5.41) is 3.59. The maximum absolute atomic E-state index is 12.8. The molecule has 0 amide bonds. The van der Waals surface area contributed by atoms with Crippen LogP contribution in [0.1, 0.15) is 31.2 Å². The zero-order chi connectivity index (χ0) is 15.9. The minimum Gasteiger partial charge on any atom is -0.493 e. The summed E-state index contributed by atoms with van der Waals surface area (Å²) in [6.45, 7) is 2.97. The second-order valence-corrected chi connectivity index (χ2v) is 8.84. The smallest absolute Gasteiger partial charge is 0.243 e. The van der Waals surface area contributed by atoms with Crippen molar-refractivity contribution in [3.63, 3.8) is 0 Å². The van der Waals surface area contributed by atoms with Gasteiger partial charge in [-0.1, -0.05) is 0 Å². The van der Waals surface area contributed by atoms with E-state index in [0.717, 1.165) is 43.0 Å². The third kappa shape index (κ3) is 3.25. The fraction of sp³-hybridized carbons (Fsp3) is 0.647. The monoisotopic (exact) mass is 336 g/mol. The average Bonchev–Trinajstić information content (AvgIpc) is 3.28. The number of ether oxygens (including phenoxy) is 1. The maximum atomic E-state index is 12.8. The van der Waals surface area contributed by atoms with Crippen LogP contribution in [0.3, 0.4) is 0 Å². The molecule has 1 N–H and O–H groups in total. The molecule has 2 heterocycles. The van der Waals surface area contributed by atoms with Crippen LogP contribution < -0.4 is 10.1 Å². The van der Waals surface area contributed by atoms with Gasteiger partial charge in [-0.2, -0.15) is 4.31 Å². The number of benzene rings is 1. The Hall–Kier alpha value is -1.11. The number of nitrogens with zero attached hydrogens (tertiary/aromatic N) is 1. The van der Waals surface area contributed by atoms with Crippen molar-refractivity contribution < 1.29 is 13.2 Å². The van der Waals surface area contributed by atoms with Gasteiger partial charge in [-0.05, 0) is 61.9 Å². The molecule has 5 nitrogen and oxygen atoms in total. The SMILES string of the molecule is O=S(=O)(c1ccc2c(c1)CCO2)N1CCC(NCC2CC2)CC1. The lowest BCUT2D eigenvalue weighted by molar-refractivity contribution is 0.288. The molecule has 2 aliphatic heterocycles. The second-order valence-electron chi connectivity index (χ2n) is 6.90. The van der Waals surface area contributed by atoms with Crippen molar-refractivity contribution in [1.82, 2.24) is 9.62 Å². The van der Waals surface area contributed by atoms with E-state index < -0.39 is 10.0 Å². The second kappa shape index (κ2) is 6.07. The Labute approximate surface area is 138 Å². The number of nitrogens with one attached hydrogen (secondary N) is 1. The van der Waals surface area contributed by atoms with Gasteiger partial charge in [0, 0.05) is 25.6 Å². The normalized spacial score (nSPS) is 22.8. The Kier molecular flexibility index (Phi) is 4.07. The molecule has 0 unspecified atom stereocenters. The molecule has 0 radical (unpaired) electrons. The Bertz CT molecular complexity index is 677. The van der Waals surface area contributed by atoms with Crippen molar-refractivity contribution in [3.8, 4) is 5.75 Å². The van der Waals surface area contributed by atoms with Crippen LogP contribution in [0.5, 0.6) is 5.75 Å². The number of hydrogen-bond acceptors (Lipinski definition) is 4. The molecule has 1 aromatic carbocycles. The summed E-state index contributed by atoms with van der Waals surface area (Å²) in [5.41, 5.74) is 1.01. The Balaban J connectivity index is 1.40. The van der Waals surface area contributed by atoms with E-state index in [1.165, 1.54) is 12.8 Å². The van der Waals surface area contributed by atoms with E-state index in [4.69, 9.17) is 4.74 Å². The fourth-order valence-electron chi connectivity index (χ4n) is 3.43. The highest BCUT2D eigenvalue weighted by atomic mass is 32.2. The van der Waals surface area contributed by atoms with Gasteiger partial charge >= 0.3 is 0 Å². The van der Waals surface area contributed by atoms with Gasteiger partial charge in [0.1, 0.15) is 5.75 Å². The summed E-state index contributed by atoms with van der Waals surface area (Å²) >= 11 is 0. The van der Waals surface area contributed by atoms with Crippen LogP contribution in [-0.4, -0.2) is 45.0 Å². The predicted octanol–water partition coefficient (Wildman–Crippen LogP) is 1.77. The van der Waals surface area contributed by atoms with Crippen LogP contribution in [0.25, 0.3) is 0 Å². The molecule has 0 aromatic heterocycles. The highest BCUT2D eigenvalue weighted by molar-refractivity contribution is 7.89. The van der Waals surface area contributed by atoms with Crippen LogP contribution in [0.15, 0.2) is 23.1 Å². The van der Waals surface area contributed by atoms with E-state index in [1.54, 1.807) is 22.5 Å². The van der Waals surface area contributed by atoms with Crippen molar-refractivity contribution in [1.29, 1.82) is 0 Å². The summed E-state index contributed by atoms with van der Waals surface area (Å²) in [7, 11) is -3.38. The van der Waals surface area contributed by atoms with Gasteiger partial charge in [-0.15, -0.1) is 0 Å². The quantitative estimate of drug-likeness (QED) is 0.890. The molecule has 23 heavy (non-hydrogen) atoms. The minimum atomic E-state index is -3.38. The van der Waals surface area contributed by atoms with E-state index in [9.17, 15) is 8.42 Å². The summed E-state index contributed by atoms with van der Waals surface area (Å²) in [6.07, 6.45) is 5.30. The molecule has 4 rings (SSSR count). The largest absolute Gasteiger partial charge is 0.493 e. The van der Waals surface area contributed by atoms with E-state index in [1.807, 2.05) is 0 Å².